The third kappa shape index (κ3) is 3.32. The van der Waals surface area contributed by atoms with Crippen LogP contribution >= 0.6 is 23.2 Å². The van der Waals surface area contributed by atoms with Crippen LogP contribution in [0.5, 0.6) is 0 Å². The fourth-order valence-corrected chi connectivity index (χ4v) is 2.10. The molecule has 0 fully saturated rings. The fourth-order valence-electron chi connectivity index (χ4n) is 1.64. The Morgan fingerprint density at radius 3 is 2.76 bits per heavy atom. The maximum absolute atomic E-state index is 12.1. The van der Waals surface area contributed by atoms with E-state index in [0.29, 0.717) is 17.3 Å². The number of halogens is 2. The number of carbonyl (C=O) groups excluding carboxylic acids is 1. The summed E-state index contributed by atoms with van der Waals surface area (Å²) in [4.78, 5) is 22.4. The largest absolute Gasteiger partial charge is 0.320 e. The number of rotatable bonds is 4. The molecular weight excluding hydrogens is 319 g/mol. The Morgan fingerprint density at radius 1 is 1.48 bits per heavy atom. The topological polar surface area (TPSA) is 90.1 Å². The van der Waals surface area contributed by atoms with E-state index in [1.165, 1.54) is 23.0 Å². The second-order valence-electron chi connectivity index (χ2n) is 4.05. The molecule has 0 atom stereocenters. The van der Waals surface area contributed by atoms with Gasteiger partial charge in [-0.25, -0.2) is 0 Å². The van der Waals surface area contributed by atoms with Crippen LogP contribution in [0.4, 0.5) is 11.4 Å². The maximum atomic E-state index is 12.1. The molecule has 1 heterocycles. The summed E-state index contributed by atoms with van der Waals surface area (Å²) in [7, 11) is 0. The Hall–Kier alpha value is -2.12. The molecule has 1 amide bonds. The van der Waals surface area contributed by atoms with Gasteiger partial charge in [-0.1, -0.05) is 23.2 Å². The number of aromatic nitrogens is 2. The number of nitro groups is 1. The molecule has 0 unspecified atom stereocenters. The first-order valence-corrected chi connectivity index (χ1v) is 6.66. The molecule has 0 radical (unpaired) electrons. The van der Waals surface area contributed by atoms with Crippen LogP contribution in [0.1, 0.15) is 17.4 Å². The van der Waals surface area contributed by atoms with Crippen LogP contribution in [0.2, 0.25) is 10.0 Å². The highest BCUT2D eigenvalue weighted by molar-refractivity contribution is 6.36. The molecular formula is C12H10Cl2N4O3. The molecule has 21 heavy (non-hydrogen) atoms. The van der Waals surface area contributed by atoms with Gasteiger partial charge in [-0.3, -0.25) is 19.6 Å². The standard InChI is InChI=1S/C12H10Cl2N4O3/c1-2-17-6-10(18(20)21)11(16-17)12(19)15-9-4-3-7(13)5-8(9)14/h3-6H,2H2,1H3,(H,15,19). The van der Waals surface area contributed by atoms with Crippen LogP contribution in [-0.4, -0.2) is 20.6 Å². The van der Waals surface area contributed by atoms with E-state index in [2.05, 4.69) is 10.4 Å². The van der Waals surface area contributed by atoms with Crippen molar-refractivity contribution in [2.24, 2.45) is 0 Å². The maximum Gasteiger partial charge on any atom is 0.320 e. The highest BCUT2D eigenvalue weighted by Crippen LogP contribution is 2.26. The minimum atomic E-state index is -0.710. The summed E-state index contributed by atoms with van der Waals surface area (Å²) in [5, 5.41) is 18.0. The number of carbonyl (C=O) groups is 1. The lowest BCUT2D eigenvalue weighted by Gasteiger charge is -2.05. The van der Waals surface area contributed by atoms with Crippen LogP contribution in [-0.2, 0) is 6.54 Å². The number of nitrogens with zero attached hydrogens (tertiary/aromatic N) is 3. The predicted octanol–water partition coefficient (Wildman–Crippen LogP) is 3.37. The second kappa shape index (κ2) is 6.11. The van der Waals surface area contributed by atoms with Gasteiger partial charge in [0.15, 0.2) is 0 Å². The summed E-state index contributed by atoms with van der Waals surface area (Å²) < 4.78 is 1.32. The van der Waals surface area contributed by atoms with E-state index in [9.17, 15) is 14.9 Å². The van der Waals surface area contributed by atoms with Crippen molar-refractivity contribution in [3.05, 3.63) is 50.2 Å². The van der Waals surface area contributed by atoms with E-state index < -0.39 is 10.8 Å². The third-order valence-corrected chi connectivity index (χ3v) is 3.21. The average molecular weight is 329 g/mol. The van der Waals surface area contributed by atoms with Gasteiger partial charge < -0.3 is 5.32 Å². The van der Waals surface area contributed by atoms with E-state index >= 15 is 0 Å². The van der Waals surface area contributed by atoms with Crippen LogP contribution in [0.15, 0.2) is 24.4 Å². The first kappa shape index (κ1) is 15.3. The summed E-state index contributed by atoms with van der Waals surface area (Å²) in [5.41, 5.74) is -0.335. The molecule has 110 valence electrons. The minimum absolute atomic E-state index is 0.230. The molecule has 0 spiro atoms. The summed E-state index contributed by atoms with van der Waals surface area (Å²) in [6.45, 7) is 2.17. The molecule has 2 rings (SSSR count). The smallest absolute Gasteiger partial charge is 0.319 e. The van der Waals surface area contributed by atoms with Gasteiger partial charge in [-0.15, -0.1) is 0 Å². The lowest BCUT2D eigenvalue weighted by molar-refractivity contribution is -0.385. The van der Waals surface area contributed by atoms with Crippen LogP contribution < -0.4 is 5.32 Å². The second-order valence-corrected chi connectivity index (χ2v) is 4.90. The van der Waals surface area contributed by atoms with Crippen molar-refractivity contribution in [2.45, 2.75) is 13.5 Å². The van der Waals surface area contributed by atoms with Crippen molar-refractivity contribution in [1.82, 2.24) is 9.78 Å². The van der Waals surface area contributed by atoms with Crippen LogP contribution in [0.3, 0.4) is 0 Å². The highest BCUT2D eigenvalue weighted by atomic mass is 35.5. The summed E-state index contributed by atoms with van der Waals surface area (Å²) in [6, 6.07) is 4.51. The van der Waals surface area contributed by atoms with Gasteiger partial charge in [0.25, 0.3) is 5.91 Å². The molecule has 0 aliphatic rings. The Kier molecular flexibility index (Phi) is 4.44. The van der Waals surface area contributed by atoms with Crippen molar-refractivity contribution < 1.29 is 9.72 Å². The molecule has 0 saturated carbocycles. The molecule has 7 nitrogen and oxygen atoms in total. The van der Waals surface area contributed by atoms with Gasteiger partial charge in [0.2, 0.25) is 5.69 Å². The predicted molar refractivity (Wildman–Crippen MR) is 79.0 cm³/mol. The van der Waals surface area contributed by atoms with Gasteiger partial charge in [0, 0.05) is 11.6 Å². The molecule has 0 aliphatic carbocycles. The van der Waals surface area contributed by atoms with E-state index in [0.717, 1.165) is 0 Å². The molecule has 1 aromatic heterocycles. The number of hydrogen-bond acceptors (Lipinski definition) is 4. The number of anilines is 1. The Labute approximate surface area is 129 Å². The molecule has 9 heteroatoms. The number of aryl methyl sites for hydroxylation is 1. The van der Waals surface area contributed by atoms with Crippen LogP contribution in [0.25, 0.3) is 0 Å². The van der Waals surface area contributed by atoms with Crippen molar-refractivity contribution in [2.75, 3.05) is 5.32 Å². The van der Waals surface area contributed by atoms with E-state index in [1.54, 1.807) is 13.0 Å². The first-order valence-electron chi connectivity index (χ1n) is 5.90. The Bertz CT molecular complexity index is 715. The zero-order valence-electron chi connectivity index (χ0n) is 10.8. The third-order valence-electron chi connectivity index (χ3n) is 2.66. The molecule has 1 aromatic carbocycles. The van der Waals surface area contributed by atoms with Gasteiger partial charge in [-0.2, -0.15) is 5.10 Å². The summed E-state index contributed by atoms with van der Waals surface area (Å²) in [6.07, 6.45) is 1.21. The van der Waals surface area contributed by atoms with E-state index in [-0.39, 0.29) is 16.4 Å². The number of benzene rings is 1. The quantitative estimate of drug-likeness (QED) is 0.688. The van der Waals surface area contributed by atoms with Gasteiger partial charge >= 0.3 is 5.69 Å². The summed E-state index contributed by atoms with van der Waals surface area (Å²) in [5.74, 6) is -0.710. The van der Waals surface area contributed by atoms with Crippen molar-refractivity contribution in [1.29, 1.82) is 0 Å². The average Bonchev–Trinajstić information content (AvgIpc) is 2.86. The number of nitrogens with one attached hydrogen (secondary N) is 1. The zero-order chi connectivity index (χ0) is 15.6. The normalized spacial score (nSPS) is 10.4. The zero-order valence-corrected chi connectivity index (χ0v) is 12.4. The van der Waals surface area contributed by atoms with Crippen molar-refractivity contribution in [3.63, 3.8) is 0 Å². The monoisotopic (exact) mass is 328 g/mol. The highest BCUT2D eigenvalue weighted by Gasteiger charge is 2.25. The Morgan fingerprint density at radius 2 is 2.19 bits per heavy atom. The molecule has 0 bridgehead atoms. The number of hydrogen-bond donors (Lipinski definition) is 1. The Balaban J connectivity index is 2.32. The lowest BCUT2D eigenvalue weighted by Crippen LogP contribution is -2.15. The molecule has 0 saturated heterocycles. The molecule has 0 aliphatic heterocycles. The summed E-state index contributed by atoms with van der Waals surface area (Å²) >= 11 is 11.7. The molecule has 1 N–H and O–H groups in total. The minimum Gasteiger partial charge on any atom is -0.319 e. The van der Waals surface area contributed by atoms with Crippen molar-refractivity contribution >= 4 is 40.5 Å². The van der Waals surface area contributed by atoms with Gasteiger partial charge in [-0.05, 0) is 25.1 Å². The first-order chi connectivity index (χ1) is 9.92. The van der Waals surface area contributed by atoms with E-state index in [4.69, 9.17) is 23.2 Å². The SMILES string of the molecule is CCn1cc([N+](=O)[O-])c(C(=O)Nc2ccc(Cl)cc2Cl)n1. The number of amides is 1. The fraction of sp³-hybridized carbons (Fsp3) is 0.167. The molecule has 2 aromatic rings. The van der Waals surface area contributed by atoms with Crippen LogP contribution in [0, 0.1) is 10.1 Å². The van der Waals surface area contributed by atoms with Crippen molar-refractivity contribution in [3.8, 4) is 0 Å². The van der Waals surface area contributed by atoms with Gasteiger partial charge in [0.05, 0.1) is 15.6 Å². The van der Waals surface area contributed by atoms with Gasteiger partial charge in [0.1, 0.15) is 6.20 Å². The lowest BCUT2D eigenvalue weighted by atomic mass is 10.3. The van der Waals surface area contributed by atoms with E-state index in [1.807, 2.05) is 0 Å².